The summed E-state index contributed by atoms with van der Waals surface area (Å²) in [5, 5.41) is 9.91. The first kappa shape index (κ1) is 13.9. The van der Waals surface area contributed by atoms with Crippen molar-refractivity contribution in [2.24, 2.45) is 0 Å². The van der Waals surface area contributed by atoms with E-state index in [1.54, 1.807) is 28.5 Å². The van der Waals surface area contributed by atoms with Gasteiger partial charge in [-0.25, -0.2) is 8.96 Å². The second kappa shape index (κ2) is 6.18. The lowest BCUT2D eigenvalue weighted by Gasteiger charge is -2.03. The molecule has 0 spiro atoms. The molecule has 0 saturated heterocycles. The molecule has 3 aromatic rings. The van der Waals surface area contributed by atoms with E-state index in [9.17, 15) is 0 Å². The minimum atomic E-state index is 0.523. The first-order valence-electron chi connectivity index (χ1n) is 5.91. The molecule has 0 fully saturated rings. The molecule has 0 unspecified atom stereocenters. The van der Waals surface area contributed by atoms with Crippen molar-refractivity contribution >= 4 is 39.2 Å². The summed E-state index contributed by atoms with van der Waals surface area (Å²) in [6.07, 6.45) is 3.32. The molecule has 2 heterocycles. The number of aromatic nitrogens is 2. The van der Waals surface area contributed by atoms with Crippen molar-refractivity contribution in [2.45, 2.75) is 0 Å². The number of para-hydroxylation sites is 1. The normalized spacial score (nSPS) is 10.5. The fourth-order valence-corrected chi connectivity index (χ4v) is 2.63. The summed E-state index contributed by atoms with van der Waals surface area (Å²) in [6, 6.07) is 13.1. The molecule has 0 atom stereocenters. The number of pyridine rings is 1. The Labute approximate surface area is 133 Å². The van der Waals surface area contributed by atoms with Crippen LogP contribution in [0.15, 0.2) is 53.3 Å². The lowest BCUT2D eigenvalue weighted by molar-refractivity contribution is -0.0785. The SMILES string of the molecule is N#Cc1cn(SOOc2ccccc2)c2ncc(Br)cc12. The lowest BCUT2D eigenvalue weighted by Crippen LogP contribution is -1.94. The summed E-state index contributed by atoms with van der Waals surface area (Å²) >= 11 is 4.30. The van der Waals surface area contributed by atoms with E-state index in [1.807, 2.05) is 24.3 Å². The van der Waals surface area contributed by atoms with Crippen LogP contribution in [0.25, 0.3) is 11.0 Å². The van der Waals surface area contributed by atoms with Crippen LogP contribution in [0.1, 0.15) is 5.56 Å². The summed E-state index contributed by atoms with van der Waals surface area (Å²) < 4.78 is 7.58. The second-order valence-electron chi connectivity index (χ2n) is 4.04. The summed E-state index contributed by atoms with van der Waals surface area (Å²) in [4.78, 5) is 9.43. The van der Waals surface area contributed by atoms with E-state index in [4.69, 9.17) is 14.5 Å². The summed E-state index contributed by atoms with van der Waals surface area (Å²) in [5.41, 5.74) is 1.16. The molecule has 5 nitrogen and oxygen atoms in total. The molecule has 2 aromatic heterocycles. The van der Waals surface area contributed by atoms with Gasteiger partial charge in [-0.2, -0.15) is 5.26 Å². The Hall–Kier alpha value is -2.01. The quantitative estimate of drug-likeness (QED) is 0.397. The molecular formula is C14H8BrN3O2S. The number of halogens is 1. The molecule has 0 aliphatic rings. The number of nitrogens with zero attached hydrogens (tertiary/aromatic N) is 3. The van der Waals surface area contributed by atoms with Crippen molar-refractivity contribution in [2.75, 3.05) is 0 Å². The van der Waals surface area contributed by atoms with E-state index in [0.717, 1.165) is 22.1 Å². The molecular weight excluding hydrogens is 354 g/mol. The topological polar surface area (TPSA) is 60.1 Å². The Morgan fingerprint density at radius 1 is 1.29 bits per heavy atom. The molecule has 0 amide bonds. The van der Waals surface area contributed by atoms with Crippen LogP contribution in [0.4, 0.5) is 0 Å². The Balaban J connectivity index is 1.80. The Kier molecular flexibility index (Phi) is 4.10. The molecule has 0 aliphatic heterocycles. The first-order chi connectivity index (χ1) is 10.3. The maximum atomic E-state index is 9.16. The van der Waals surface area contributed by atoms with Gasteiger partial charge in [0.1, 0.15) is 6.07 Å². The van der Waals surface area contributed by atoms with Crippen LogP contribution in [0.3, 0.4) is 0 Å². The third kappa shape index (κ3) is 3.03. The molecule has 0 aliphatic carbocycles. The second-order valence-corrected chi connectivity index (χ2v) is 5.64. The van der Waals surface area contributed by atoms with Crippen LogP contribution in [0.5, 0.6) is 5.75 Å². The van der Waals surface area contributed by atoms with Crippen LogP contribution < -0.4 is 4.89 Å². The largest absolute Gasteiger partial charge is 0.324 e. The number of benzene rings is 1. The van der Waals surface area contributed by atoms with Gasteiger partial charge < -0.3 is 4.89 Å². The zero-order valence-corrected chi connectivity index (χ0v) is 13.0. The highest BCUT2D eigenvalue weighted by Gasteiger charge is 2.11. The third-order valence-electron chi connectivity index (χ3n) is 2.68. The molecule has 0 radical (unpaired) electrons. The number of hydrogen-bond donors (Lipinski definition) is 0. The van der Waals surface area contributed by atoms with Crippen molar-refractivity contribution in [1.29, 1.82) is 5.26 Å². The maximum Gasteiger partial charge on any atom is 0.170 e. The van der Waals surface area contributed by atoms with Gasteiger partial charge in [-0.15, -0.1) is 0 Å². The van der Waals surface area contributed by atoms with E-state index >= 15 is 0 Å². The van der Waals surface area contributed by atoms with Gasteiger partial charge in [0, 0.05) is 22.3 Å². The molecule has 3 rings (SSSR count). The molecule has 0 saturated carbocycles. The van der Waals surface area contributed by atoms with Crippen LogP contribution in [-0.4, -0.2) is 8.96 Å². The van der Waals surface area contributed by atoms with Crippen molar-refractivity contribution in [3.8, 4) is 11.8 Å². The summed E-state index contributed by atoms with van der Waals surface area (Å²) in [6.45, 7) is 0. The van der Waals surface area contributed by atoms with Crippen molar-refractivity contribution in [3.63, 3.8) is 0 Å². The van der Waals surface area contributed by atoms with Gasteiger partial charge in [-0.05, 0) is 34.1 Å². The van der Waals surface area contributed by atoms with Gasteiger partial charge in [0.2, 0.25) is 0 Å². The number of fused-ring (bicyclic) bond motifs is 1. The zero-order chi connectivity index (χ0) is 14.7. The average molecular weight is 362 g/mol. The predicted octanol–water partition coefficient (Wildman–Crippen LogP) is 4.09. The van der Waals surface area contributed by atoms with Crippen LogP contribution in [-0.2, 0) is 4.33 Å². The molecule has 0 bridgehead atoms. The van der Waals surface area contributed by atoms with Crippen LogP contribution >= 0.6 is 28.2 Å². The summed E-state index contributed by atoms with van der Waals surface area (Å²) in [5.74, 6) is 0.595. The fourth-order valence-electron chi connectivity index (χ4n) is 1.76. The Morgan fingerprint density at radius 3 is 2.86 bits per heavy atom. The minimum Gasteiger partial charge on any atom is -0.324 e. The molecule has 21 heavy (non-hydrogen) atoms. The Morgan fingerprint density at radius 2 is 2.10 bits per heavy atom. The van der Waals surface area contributed by atoms with Gasteiger partial charge >= 0.3 is 0 Å². The van der Waals surface area contributed by atoms with Gasteiger partial charge in [-0.1, -0.05) is 22.5 Å². The highest BCUT2D eigenvalue weighted by molar-refractivity contribution is 9.10. The predicted molar refractivity (Wildman–Crippen MR) is 83.3 cm³/mol. The van der Waals surface area contributed by atoms with E-state index in [-0.39, 0.29) is 0 Å². The summed E-state index contributed by atoms with van der Waals surface area (Å²) in [7, 11) is 0. The number of hydrogen-bond acceptors (Lipinski definition) is 5. The Bertz CT molecular complexity index is 814. The molecule has 1 aromatic carbocycles. The fraction of sp³-hybridized carbons (Fsp3) is 0. The van der Waals surface area contributed by atoms with Crippen LogP contribution in [0.2, 0.25) is 0 Å². The first-order valence-corrected chi connectivity index (χ1v) is 7.40. The average Bonchev–Trinajstić information content (AvgIpc) is 2.85. The maximum absolute atomic E-state index is 9.16. The zero-order valence-electron chi connectivity index (χ0n) is 10.6. The van der Waals surface area contributed by atoms with E-state index in [1.165, 1.54) is 0 Å². The van der Waals surface area contributed by atoms with Gasteiger partial charge in [0.15, 0.2) is 23.6 Å². The van der Waals surface area contributed by atoms with Crippen molar-refractivity contribution < 1.29 is 9.22 Å². The number of nitriles is 1. The monoisotopic (exact) mass is 361 g/mol. The van der Waals surface area contributed by atoms with Gasteiger partial charge in [0.05, 0.1) is 5.56 Å². The van der Waals surface area contributed by atoms with E-state index in [2.05, 4.69) is 27.0 Å². The van der Waals surface area contributed by atoms with Crippen LogP contribution in [0, 0.1) is 11.3 Å². The van der Waals surface area contributed by atoms with E-state index in [0.29, 0.717) is 17.0 Å². The molecule has 7 heteroatoms. The van der Waals surface area contributed by atoms with Gasteiger partial charge in [0.25, 0.3) is 0 Å². The smallest absolute Gasteiger partial charge is 0.170 e. The minimum absolute atomic E-state index is 0.523. The lowest BCUT2D eigenvalue weighted by atomic mass is 10.2. The molecule has 104 valence electrons. The third-order valence-corrected chi connectivity index (χ3v) is 3.68. The van der Waals surface area contributed by atoms with Crippen molar-refractivity contribution in [3.05, 3.63) is 58.8 Å². The number of rotatable bonds is 4. The van der Waals surface area contributed by atoms with Gasteiger partial charge in [-0.3, -0.25) is 0 Å². The standard InChI is InChI=1S/C14H8BrN3O2S/c15-11-6-13-10(7-16)9-18(14(13)17-8-11)21-20-19-12-4-2-1-3-5-12/h1-6,8-9H. The van der Waals surface area contributed by atoms with E-state index < -0.39 is 0 Å². The molecule has 0 N–H and O–H groups in total. The highest BCUT2D eigenvalue weighted by Crippen LogP contribution is 2.26. The highest BCUT2D eigenvalue weighted by atomic mass is 79.9. The van der Waals surface area contributed by atoms with Crippen molar-refractivity contribution in [1.82, 2.24) is 8.96 Å².